The molecule has 0 bridgehead atoms. The van der Waals surface area contributed by atoms with Crippen molar-refractivity contribution in [2.75, 3.05) is 31.6 Å². The summed E-state index contributed by atoms with van der Waals surface area (Å²) in [6, 6.07) is 9.51. The Morgan fingerprint density at radius 3 is 2.61 bits per heavy atom. The third-order valence-corrected chi connectivity index (χ3v) is 3.68. The smallest absolute Gasteiger partial charge is 0.119 e. The highest BCUT2D eigenvalue weighted by atomic mass is 16.5. The SMILES string of the molecule is Cc1nn(C)c(C)c1NCCNC[C@@H](O)COc1ccccc1. The number of para-hydroxylation sites is 1. The minimum Gasteiger partial charge on any atom is -0.491 e. The molecule has 0 aliphatic carbocycles. The van der Waals surface area contributed by atoms with E-state index in [4.69, 9.17) is 4.74 Å². The average molecular weight is 318 g/mol. The maximum atomic E-state index is 9.90. The number of aliphatic hydroxyl groups is 1. The summed E-state index contributed by atoms with van der Waals surface area (Å²) >= 11 is 0. The van der Waals surface area contributed by atoms with E-state index in [0.717, 1.165) is 35.9 Å². The lowest BCUT2D eigenvalue weighted by atomic mass is 10.3. The van der Waals surface area contributed by atoms with Crippen LogP contribution in [0.15, 0.2) is 30.3 Å². The number of rotatable bonds is 9. The van der Waals surface area contributed by atoms with Crippen molar-refractivity contribution in [1.29, 1.82) is 0 Å². The number of ether oxygens (including phenoxy) is 1. The molecule has 2 rings (SSSR count). The zero-order valence-corrected chi connectivity index (χ0v) is 14.0. The lowest BCUT2D eigenvalue weighted by Gasteiger charge is -2.14. The van der Waals surface area contributed by atoms with Crippen LogP contribution < -0.4 is 15.4 Å². The zero-order chi connectivity index (χ0) is 16.7. The van der Waals surface area contributed by atoms with E-state index in [0.29, 0.717) is 6.54 Å². The molecule has 0 radical (unpaired) electrons. The molecule has 0 saturated carbocycles. The molecular formula is C17H26N4O2. The van der Waals surface area contributed by atoms with Crippen molar-refractivity contribution in [2.24, 2.45) is 7.05 Å². The molecule has 0 unspecified atom stereocenters. The fraction of sp³-hybridized carbons (Fsp3) is 0.471. The Morgan fingerprint density at radius 1 is 1.22 bits per heavy atom. The number of aryl methyl sites for hydroxylation is 2. The fourth-order valence-corrected chi connectivity index (χ4v) is 2.34. The number of anilines is 1. The van der Waals surface area contributed by atoms with Gasteiger partial charge in [0.05, 0.1) is 17.1 Å². The summed E-state index contributed by atoms with van der Waals surface area (Å²) in [4.78, 5) is 0. The third-order valence-electron chi connectivity index (χ3n) is 3.68. The minimum absolute atomic E-state index is 0.283. The second-order valence-corrected chi connectivity index (χ2v) is 5.58. The summed E-state index contributed by atoms with van der Waals surface area (Å²) < 4.78 is 7.38. The summed E-state index contributed by atoms with van der Waals surface area (Å²) in [6.45, 7) is 6.36. The number of aromatic nitrogens is 2. The Balaban J connectivity index is 1.60. The van der Waals surface area contributed by atoms with Gasteiger partial charge in [0.25, 0.3) is 0 Å². The first-order chi connectivity index (χ1) is 11.1. The van der Waals surface area contributed by atoms with E-state index < -0.39 is 6.10 Å². The van der Waals surface area contributed by atoms with E-state index in [-0.39, 0.29) is 6.61 Å². The van der Waals surface area contributed by atoms with E-state index in [9.17, 15) is 5.11 Å². The Kier molecular flexibility index (Phi) is 6.43. The van der Waals surface area contributed by atoms with Gasteiger partial charge in [0.15, 0.2) is 0 Å². The molecule has 1 heterocycles. The second kappa shape index (κ2) is 8.55. The highest BCUT2D eigenvalue weighted by Crippen LogP contribution is 2.17. The van der Waals surface area contributed by atoms with Crippen LogP contribution in [0.5, 0.6) is 5.75 Å². The molecule has 6 nitrogen and oxygen atoms in total. The molecule has 1 atom stereocenters. The molecule has 0 amide bonds. The van der Waals surface area contributed by atoms with Gasteiger partial charge in [-0.1, -0.05) is 18.2 Å². The number of benzene rings is 1. The maximum Gasteiger partial charge on any atom is 0.119 e. The lowest BCUT2D eigenvalue weighted by Crippen LogP contribution is -2.34. The largest absolute Gasteiger partial charge is 0.491 e. The highest BCUT2D eigenvalue weighted by Gasteiger charge is 2.08. The Hall–Kier alpha value is -2.05. The van der Waals surface area contributed by atoms with Gasteiger partial charge in [0, 0.05) is 26.7 Å². The van der Waals surface area contributed by atoms with Gasteiger partial charge in [-0.05, 0) is 26.0 Å². The first-order valence-corrected chi connectivity index (χ1v) is 7.88. The number of nitrogens with zero attached hydrogens (tertiary/aromatic N) is 2. The van der Waals surface area contributed by atoms with E-state index in [1.54, 1.807) is 0 Å². The Labute approximate surface area is 137 Å². The normalized spacial score (nSPS) is 12.2. The van der Waals surface area contributed by atoms with Crippen LogP contribution >= 0.6 is 0 Å². The van der Waals surface area contributed by atoms with Gasteiger partial charge in [-0.25, -0.2) is 0 Å². The molecule has 1 aromatic heterocycles. The Morgan fingerprint density at radius 2 is 1.96 bits per heavy atom. The van der Waals surface area contributed by atoms with Gasteiger partial charge in [-0.15, -0.1) is 0 Å². The summed E-state index contributed by atoms with van der Waals surface area (Å²) in [5.74, 6) is 0.774. The van der Waals surface area contributed by atoms with E-state index in [1.807, 2.05) is 55.9 Å². The maximum absolute atomic E-state index is 9.90. The van der Waals surface area contributed by atoms with E-state index >= 15 is 0 Å². The van der Waals surface area contributed by atoms with Crippen molar-refractivity contribution in [2.45, 2.75) is 20.0 Å². The molecule has 3 N–H and O–H groups in total. The topological polar surface area (TPSA) is 71.3 Å². The summed E-state index contributed by atoms with van der Waals surface area (Å²) in [6.07, 6.45) is -0.530. The summed E-state index contributed by atoms with van der Waals surface area (Å²) in [7, 11) is 1.94. The number of nitrogens with one attached hydrogen (secondary N) is 2. The Bertz CT molecular complexity index is 598. The summed E-state index contributed by atoms with van der Waals surface area (Å²) in [5, 5.41) is 20.9. The van der Waals surface area contributed by atoms with Crippen molar-refractivity contribution in [1.82, 2.24) is 15.1 Å². The monoisotopic (exact) mass is 318 g/mol. The van der Waals surface area contributed by atoms with Crippen LogP contribution in [0.1, 0.15) is 11.4 Å². The van der Waals surface area contributed by atoms with Gasteiger partial charge in [0.2, 0.25) is 0 Å². The quantitative estimate of drug-likeness (QED) is 0.611. The van der Waals surface area contributed by atoms with Crippen LogP contribution in [0.2, 0.25) is 0 Å². The molecule has 0 fully saturated rings. The van der Waals surface area contributed by atoms with Crippen LogP contribution in [-0.4, -0.2) is 47.2 Å². The van der Waals surface area contributed by atoms with Gasteiger partial charge in [-0.3, -0.25) is 4.68 Å². The van der Waals surface area contributed by atoms with Crippen molar-refractivity contribution in [3.8, 4) is 5.75 Å². The number of aliphatic hydroxyl groups excluding tert-OH is 1. The fourth-order valence-electron chi connectivity index (χ4n) is 2.34. The van der Waals surface area contributed by atoms with Gasteiger partial charge >= 0.3 is 0 Å². The van der Waals surface area contributed by atoms with Crippen LogP contribution in [0.25, 0.3) is 0 Å². The highest BCUT2D eigenvalue weighted by molar-refractivity contribution is 5.51. The standard InChI is InChI=1S/C17H26N4O2/c1-13-17(14(2)21(3)20-13)19-10-9-18-11-15(22)12-23-16-7-5-4-6-8-16/h4-8,15,18-19,22H,9-12H2,1-3H3/t15-/m1/s1. The average Bonchev–Trinajstić information content (AvgIpc) is 2.79. The van der Waals surface area contributed by atoms with Gasteiger partial charge in [0.1, 0.15) is 18.5 Å². The molecular weight excluding hydrogens is 292 g/mol. The van der Waals surface area contributed by atoms with Crippen molar-refractivity contribution in [3.63, 3.8) is 0 Å². The molecule has 23 heavy (non-hydrogen) atoms. The van der Waals surface area contributed by atoms with Crippen LogP contribution in [0.3, 0.4) is 0 Å². The molecule has 1 aromatic carbocycles. The molecule has 0 saturated heterocycles. The van der Waals surface area contributed by atoms with Crippen molar-refractivity contribution < 1.29 is 9.84 Å². The van der Waals surface area contributed by atoms with E-state index in [1.165, 1.54) is 0 Å². The van der Waals surface area contributed by atoms with Gasteiger partial charge in [-0.2, -0.15) is 5.10 Å². The lowest BCUT2D eigenvalue weighted by molar-refractivity contribution is 0.107. The molecule has 6 heteroatoms. The summed E-state index contributed by atoms with van der Waals surface area (Å²) in [5.41, 5.74) is 3.21. The van der Waals surface area contributed by atoms with E-state index in [2.05, 4.69) is 15.7 Å². The second-order valence-electron chi connectivity index (χ2n) is 5.58. The predicted molar refractivity (Wildman–Crippen MR) is 92.0 cm³/mol. The minimum atomic E-state index is -0.530. The predicted octanol–water partition coefficient (Wildman–Crippen LogP) is 1.48. The molecule has 126 valence electrons. The molecule has 0 aliphatic rings. The van der Waals surface area contributed by atoms with Crippen molar-refractivity contribution >= 4 is 5.69 Å². The first kappa shape index (κ1) is 17.3. The number of hydrogen-bond acceptors (Lipinski definition) is 5. The van der Waals surface area contributed by atoms with Crippen LogP contribution in [-0.2, 0) is 7.05 Å². The van der Waals surface area contributed by atoms with Crippen LogP contribution in [0, 0.1) is 13.8 Å². The molecule has 2 aromatic rings. The molecule has 0 aliphatic heterocycles. The zero-order valence-electron chi connectivity index (χ0n) is 14.0. The van der Waals surface area contributed by atoms with Crippen LogP contribution in [0.4, 0.5) is 5.69 Å². The number of hydrogen-bond donors (Lipinski definition) is 3. The van der Waals surface area contributed by atoms with Crippen molar-refractivity contribution in [3.05, 3.63) is 41.7 Å². The molecule has 0 spiro atoms. The third kappa shape index (κ3) is 5.26. The first-order valence-electron chi connectivity index (χ1n) is 7.88. The van der Waals surface area contributed by atoms with Gasteiger partial charge < -0.3 is 20.5 Å².